The lowest BCUT2D eigenvalue weighted by Gasteiger charge is -2.22. The number of anilines is 1. The highest BCUT2D eigenvalue weighted by atomic mass is 16.8. The van der Waals surface area contributed by atoms with Crippen LogP contribution in [0.25, 0.3) is 0 Å². The molecule has 0 saturated carbocycles. The molecule has 2 fully saturated rings. The van der Waals surface area contributed by atoms with Crippen molar-refractivity contribution in [2.75, 3.05) is 5.32 Å². The van der Waals surface area contributed by atoms with Crippen molar-refractivity contribution in [1.82, 2.24) is 9.55 Å². The summed E-state index contributed by atoms with van der Waals surface area (Å²) in [4.78, 5) is 15.6. The second kappa shape index (κ2) is 3.56. The third-order valence-electron chi connectivity index (χ3n) is 3.74. The minimum absolute atomic E-state index is 0.156. The maximum Gasteiger partial charge on any atom is 0.349 e. The molecule has 3 aliphatic rings. The summed E-state index contributed by atoms with van der Waals surface area (Å²) < 4.78 is 19.2. The quantitative estimate of drug-likeness (QED) is 0.707. The third kappa shape index (κ3) is 1.62. The molecule has 7 heteroatoms. The summed E-state index contributed by atoms with van der Waals surface area (Å²) in [5.41, 5.74) is -0.282. The fraction of sp³-hybridized carbons (Fsp3) is 0.667. The molecule has 0 aliphatic carbocycles. The van der Waals surface area contributed by atoms with E-state index in [0.717, 1.165) is 0 Å². The van der Waals surface area contributed by atoms with Crippen LogP contribution < -0.4 is 11.0 Å². The Hall–Kier alpha value is -1.44. The second-order valence-corrected chi connectivity index (χ2v) is 5.53. The van der Waals surface area contributed by atoms with Gasteiger partial charge in [-0.25, -0.2) is 9.78 Å². The second-order valence-electron chi connectivity index (χ2n) is 5.53. The van der Waals surface area contributed by atoms with Crippen LogP contribution in [0, 0.1) is 0 Å². The molecule has 2 bridgehead atoms. The van der Waals surface area contributed by atoms with E-state index in [1.165, 1.54) is 6.20 Å². The van der Waals surface area contributed by atoms with Crippen LogP contribution in [0.15, 0.2) is 17.1 Å². The molecule has 4 rings (SSSR count). The number of nitrogens with one attached hydrogen (secondary N) is 1. The van der Waals surface area contributed by atoms with Gasteiger partial charge in [-0.1, -0.05) is 0 Å². The first-order valence-electron chi connectivity index (χ1n) is 6.37. The lowest BCUT2D eigenvalue weighted by Crippen LogP contribution is -2.40. The molecule has 2 saturated heterocycles. The first-order chi connectivity index (χ1) is 9.03. The average molecular weight is 265 g/mol. The Bertz CT molecular complexity index is 585. The van der Waals surface area contributed by atoms with Crippen LogP contribution in [0.4, 0.5) is 5.82 Å². The Morgan fingerprint density at radius 1 is 1.42 bits per heavy atom. The molecule has 0 radical (unpaired) electrons. The fourth-order valence-electron chi connectivity index (χ4n) is 3.01. The summed E-state index contributed by atoms with van der Waals surface area (Å²) in [7, 11) is 0. The van der Waals surface area contributed by atoms with Crippen LogP contribution >= 0.6 is 0 Å². The predicted octanol–water partition coefficient (Wildman–Crippen LogP) is -0.0862. The normalized spacial score (nSPS) is 38.2. The van der Waals surface area contributed by atoms with Gasteiger partial charge in [-0.3, -0.25) is 4.57 Å². The minimum Gasteiger partial charge on any atom is -0.348 e. The number of nitrogens with zero attached hydrogens (tertiary/aromatic N) is 2. The number of rotatable bonds is 0. The summed E-state index contributed by atoms with van der Waals surface area (Å²) in [6.45, 7) is 4.20. The molecule has 1 aromatic heterocycles. The lowest BCUT2D eigenvalue weighted by atomic mass is 10.1. The standard InChI is InChI=1S/C12H15N3O4/c1-12(2)18-8-6-5-15-7(3-4-13-11(15)16)14-10(17-6)9(8)19-12/h3-4,6,8-10,14H,5H2,1-2H3/t6-,8+,9?,10-/m1/s1. The fourth-order valence-corrected chi connectivity index (χ4v) is 3.01. The number of fused-ring (bicyclic) bond motifs is 6. The van der Waals surface area contributed by atoms with Gasteiger partial charge < -0.3 is 19.5 Å². The molecule has 4 heterocycles. The van der Waals surface area contributed by atoms with E-state index in [9.17, 15) is 4.79 Å². The smallest absolute Gasteiger partial charge is 0.348 e. The van der Waals surface area contributed by atoms with Gasteiger partial charge in [0.25, 0.3) is 0 Å². The van der Waals surface area contributed by atoms with E-state index in [4.69, 9.17) is 14.2 Å². The van der Waals surface area contributed by atoms with Crippen LogP contribution in [-0.4, -0.2) is 39.9 Å². The highest BCUT2D eigenvalue weighted by molar-refractivity contribution is 5.37. The molecule has 0 spiro atoms. The Labute approximate surface area is 109 Å². The van der Waals surface area contributed by atoms with E-state index < -0.39 is 5.79 Å². The van der Waals surface area contributed by atoms with Crippen molar-refractivity contribution in [3.05, 3.63) is 22.7 Å². The number of ether oxygens (including phenoxy) is 3. The molecule has 4 atom stereocenters. The van der Waals surface area contributed by atoms with Crippen LogP contribution in [0.3, 0.4) is 0 Å². The molecule has 0 amide bonds. The van der Waals surface area contributed by atoms with E-state index >= 15 is 0 Å². The topological polar surface area (TPSA) is 74.6 Å². The van der Waals surface area contributed by atoms with Crippen LogP contribution in [0.2, 0.25) is 0 Å². The van der Waals surface area contributed by atoms with Crippen molar-refractivity contribution < 1.29 is 14.2 Å². The average Bonchev–Trinajstić information content (AvgIpc) is 2.70. The first kappa shape index (κ1) is 11.4. The summed E-state index contributed by atoms with van der Waals surface area (Å²) in [6.07, 6.45) is 0.678. The van der Waals surface area contributed by atoms with Gasteiger partial charge in [0.2, 0.25) is 0 Å². The zero-order chi connectivity index (χ0) is 13.2. The summed E-state index contributed by atoms with van der Waals surface area (Å²) in [5.74, 6) is 0.0936. The van der Waals surface area contributed by atoms with Crippen molar-refractivity contribution in [1.29, 1.82) is 0 Å². The van der Waals surface area contributed by atoms with Crippen LogP contribution in [-0.2, 0) is 20.8 Å². The van der Waals surface area contributed by atoms with Gasteiger partial charge >= 0.3 is 5.69 Å². The molecule has 102 valence electrons. The van der Waals surface area contributed by atoms with E-state index in [2.05, 4.69) is 10.3 Å². The largest absolute Gasteiger partial charge is 0.349 e. The zero-order valence-corrected chi connectivity index (χ0v) is 10.7. The Morgan fingerprint density at radius 2 is 2.21 bits per heavy atom. The molecule has 1 unspecified atom stereocenters. The first-order valence-corrected chi connectivity index (χ1v) is 6.37. The molecule has 1 aromatic rings. The maximum absolute atomic E-state index is 11.8. The van der Waals surface area contributed by atoms with Gasteiger partial charge in [0.1, 0.15) is 24.1 Å². The molecular weight excluding hydrogens is 250 g/mol. The molecule has 19 heavy (non-hydrogen) atoms. The third-order valence-corrected chi connectivity index (χ3v) is 3.74. The molecular formula is C12H15N3O4. The van der Waals surface area contributed by atoms with Gasteiger partial charge in [0, 0.05) is 6.20 Å². The van der Waals surface area contributed by atoms with Gasteiger partial charge in [0.15, 0.2) is 12.0 Å². The van der Waals surface area contributed by atoms with Crippen molar-refractivity contribution >= 4 is 5.82 Å². The van der Waals surface area contributed by atoms with E-state index in [1.807, 2.05) is 13.8 Å². The highest BCUT2D eigenvalue weighted by Crippen LogP contribution is 2.40. The van der Waals surface area contributed by atoms with Crippen molar-refractivity contribution in [2.24, 2.45) is 0 Å². The van der Waals surface area contributed by atoms with Gasteiger partial charge in [0.05, 0.1) is 6.54 Å². The number of hydrogen-bond acceptors (Lipinski definition) is 6. The van der Waals surface area contributed by atoms with Crippen LogP contribution in [0.5, 0.6) is 0 Å². The summed E-state index contributed by atoms with van der Waals surface area (Å²) >= 11 is 0. The Morgan fingerprint density at radius 3 is 3.05 bits per heavy atom. The van der Waals surface area contributed by atoms with E-state index in [1.54, 1.807) is 10.6 Å². The van der Waals surface area contributed by atoms with Crippen LogP contribution in [0.1, 0.15) is 13.8 Å². The molecule has 1 N–H and O–H groups in total. The monoisotopic (exact) mass is 265 g/mol. The SMILES string of the molecule is CC1(C)OC2[C@@H]3Nc4ccnc(=O)n4C[C@@H](O3)[C@@H]2O1. The minimum atomic E-state index is -0.614. The summed E-state index contributed by atoms with van der Waals surface area (Å²) in [6, 6.07) is 1.77. The van der Waals surface area contributed by atoms with Crippen molar-refractivity contribution in [2.45, 2.75) is 50.7 Å². The van der Waals surface area contributed by atoms with Gasteiger partial charge in [-0.15, -0.1) is 0 Å². The molecule has 7 nitrogen and oxygen atoms in total. The molecule has 3 aliphatic heterocycles. The van der Waals surface area contributed by atoms with Gasteiger partial charge in [-0.05, 0) is 19.9 Å². The highest BCUT2D eigenvalue weighted by Gasteiger charge is 2.56. The van der Waals surface area contributed by atoms with E-state index in [-0.39, 0.29) is 30.2 Å². The molecule has 0 aromatic carbocycles. The van der Waals surface area contributed by atoms with Gasteiger partial charge in [-0.2, -0.15) is 0 Å². The number of aromatic nitrogens is 2. The zero-order valence-electron chi connectivity index (χ0n) is 10.7. The predicted molar refractivity (Wildman–Crippen MR) is 64.6 cm³/mol. The Kier molecular flexibility index (Phi) is 2.13. The Balaban J connectivity index is 1.74. The maximum atomic E-state index is 11.8. The number of hydrogen-bond donors (Lipinski definition) is 1. The summed E-state index contributed by atoms with van der Waals surface area (Å²) in [5, 5.41) is 3.20. The van der Waals surface area contributed by atoms with Crippen molar-refractivity contribution in [3.63, 3.8) is 0 Å². The van der Waals surface area contributed by atoms with E-state index in [0.29, 0.717) is 12.4 Å². The van der Waals surface area contributed by atoms with Crippen molar-refractivity contribution in [3.8, 4) is 0 Å². The lowest BCUT2D eigenvalue weighted by molar-refractivity contribution is -0.184.